The van der Waals surface area contributed by atoms with Crippen LogP contribution in [0.5, 0.6) is 0 Å². The SMILES string of the molecule is C=C(C)C[C@H](NC(=O)[C@@H](O)c1ccccc1)C(N)=O. The minimum atomic E-state index is -1.33. The van der Waals surface area contributed by atoms with Crippen molar-refractivity contribution in [2.24, 2.45) is 5.73 Å². The molecule has 0 spiro atoms. The van der Waals surface area contributed by atoms with Crippen molar-refractivity contribution in [2.45, 2.75) is 25.5 Å². The van der Waals surface area contributed by atoms with Crippen LogP contribution in [0.25, 0.3) is 0 Å². The molecule has 0 unspecified atom stereocenters. The van der Waals surface area contributed by atoms with E-state index in [1.807, 2.05) is 0 Å². The third-order valence-electron chi connectivity index (χ3n) is 2.58. The zero-order chi connectivity index (χ0) is 14.4. The number of carbonyl (C=O) groups is 2. The van der Waals surface area contributed by atoms with Crippen LogP contribution in [0.15, 0.2) is 42.5 Å². The summed E-state index contributed by atoms with van der Waals surface area (Å²) in [5.74, 6) is -1.31. The Morgan fingerprint density at radius 2 is 1.95 bits per heavy atom. The van der Waals surface area contributed by atoms with Crippen molar-refractivity contribution < 1.29 is 14.7 Å². The summed E-state index contributed by atoms with van der Waals surface area (Å²) in [5, 5.41) is 12.3. The van der Waals surface area contributed by atoms with E-state index in [1.165, 1.54) is 0 Å². The lowest BCUT2D eigenvalue weighted by Gasteiger charge is -2.18. The Hall–Kier alpha value is -2.14. The second-order valence-corrected chi connectivity index (χ2v) is 4.44. The van der Waals surface area contributed by atoms with E-state index in [1.54, 1.807) is 37.3 Å². The molecule has 0 aromatic heterocycles. The number of aliphatic hydroxyl groups is 1. The van der Waals surface area contributed by atoms with E-state index in [0.717, 1.165) is 5.57 Å². The second-order valence-electron chi connectivity index (χ2n) is 4.44. The van der Waals surface area contributed by atoms with Gasteiger partial charge < -0.3 is 16.2 Å². The predicted octanol–water partition coefficient (Wildman–Crippen LogP) is 0.656. The highest BCUT2D eigenvalue weighted by molar-refractivity contribution is 5.89. The fourth-order valence-corrected chi connectivity index (χ4v) is 1.61. The van der Waals surface area contributed by atoms with Crippen molar-refractivity contribution in [2.75, 3.05) is 0 Å². The Morgan fingerprint density at radius 1 is 1.37 bits per heavy atom. The first-order chi connectivity index (χ1) is 8.91. The number of hydrogen-bond acceptors (Lipinski definition) is 3. The summed E-state index contributed by atoms with van der Waals surface area (Å²) in [4.78, 5) is 23.1. The fraction of sp³-hybridized carbons (Fsp3) is 0.286. The third-order valence-corrected chi connectivity index (χ3v) is 2.58. The number of hydrogen-bond donors (Lipinski definition) is 3. The topological polar surface area (TPSA) is 92.4 Å². The number of aliphatic hydroxyl groups excluding tert-OH is 1. The highest BCUT2D eigenvalue weighted by Crippen LogP contribution is 2.13. The van der Waals surface area contributed by atoms with E-state index >= 15 is 0 Å². The van der Waals surface area contributed by atoms with E-state index < -0.39 is 24.0 Å². The fourth-order valence-electron chi connectivity index (χ4n) is 1.61. The number of amides is 2. The van der Waals surface area contributed by atoms with Gasteiger partial charge in [0.25, 0.3) is 5.91 Å². The summed E-state index contributed by atoms with van der Waals surface area (Å²) in [7, 11) is 0. The molecule has 0 radical (unpaired) electrons. The third kappa shape index (κ3) is 4.56. The molecule has 5 nitrogen and oxygen atoms in total. The van der Waals surface area contributed by atoms with Crippen LogP contribution in [-0.2, 0) is 9.59 Å². The smallest absolute Gasteiger partial charge is 0.254 e. The molecular weight excluding hydrogens is 244 g/mol. The zero-order valence-corrected chi connectivity index (χ0v) is 10.8. The molecule has 0 heterocycles. The molecule has 2 amide bonds. The van der Waals surface area contributed by atoms with E-state index in [9.17, 15) is 14.7 Å². The molecule has 1 aromatic rings. The number of nitrogens with two attached hydrogens (primary N) is 1. The quantitative estimate of drug-likeness (QED) is 0.657. The van der Waals surface area contributed by atoms with Gasteiger partial charge in [0.05, 0.1) is 0 Å². The molecule has 5 heteroatoms. The van der Waals surface area contributed by atoms with Gasteiger partial charge in [-0.2, -0.15) is 0 Å². The summed E-state index contributed by atoms with van der Waals surface area (Å²) in [6, 6.07) is 7.60. The molecule has 2 atom stereocenters. The molecule has 0 bridgehead atoms. The Morgan fingerprint density at radius 3 is 2.42 bits per heavy atom. The molecule has 19 heavy (non-hydrogen) atoms. The van der Waals surface area contributed by atoms with Crippen molar-refractivity contribution >= 4 is 11.8 Å². The van der Waals surface area contributed by atoms with Crippen LogP contribution in [0.4, 0.5) is 0 Å². The van der Waals surface area contributed by atoms with Gasteiger partial charge in [-0.05, 0) is 18.9 Å². The highest BCUT2D eigenvalue weighted by atomic mass is 16.3. The Labute approximate surface area is 112 Å². The Kier molecular flexibility index (Phi) is 5.26. The lowest BCUT2D eigenvalue weighted by Crippen LogP contribution is -2.46. The molecule has 0 saturated heterocycles. The van der Waals surface area contributed by atoms with Crippen LogP contribution < -0.4 is 11.1 Å². The largest absolute Gasteiger partial charge is 0.378 e. The van der Waals surface area contributed by atoms with Crippen molar-refractivity contribution in [1.29, 1.82) is 0 Å². The maximum absolute atomic E-state index is 11.8. The maximum atomic E-state index is 11.8. The van der Waals surface area contributed by atoms with Crippen molar-refractivity contribution in [1.82, 2.24) is 5.32 Å². The van der Waals surface area contributed by atoms with E-state index in [2.05, 4.69) is 11.9 Å². The van der Waals surface area contributed by atoms with Crippen LogP contribution in [0.3, 0.4) is 0 Å². The molecule has 0 aliphatic rings. The Bertz CT molecular complexity index is 471. The standard InChI is InChI=1S/C14H18N2O3/c1-9(2)8-11(13(15)18)16-14(19)12(17)10-6-4-3-5-7-10/h3-7,11-12,17H,1,8H2,2H3,(H2,15,18)(H,16,19)/t11-,12-/m0/s1. The van der Waals surface area contributed by atoms with Gasteiger partial charge in [0, 0.05) is 0 Å². The highest BCUT2D eigenvalue weighted by Gasteiger charge is 2.23. The molecule has 0 fully saturated rings. The molecule has 0 aliphatic heterocycles. The molecular formula is C14H18N2O3. The molecule has 1 aromatic carbocycles. The van der Waals surface area contributed by atoms with Gasteiger partial charge >= 0.3 is 0 Å². The molecule has 1 rings (SSSR count). The average Bonchev–Trinajstić information content (AvgIpc) is 2.37. The number of nitrogens with one attached hydrogen (secondary N) is 1. The first kappa shape index (κ1) is 14.9. The van der Waals surface area contributed by atoms with E-state index in [4.69, 9.17) is 5.73 Å². The summed E-state index contributed by atoms with van der Waals surface area (Å²) in [5.41, 5.74) is 6.37. The number of primary amides is 1. The van der Waals surface area contributed by atoms with Crippen molar-refractivity contribution in [3.63, 3.8) is 0 Å². The zero-order valence-electron chi connectivity index (χ0n) is 10.8. The lowest BCUT2D eigenvalue weighted by atomic mass is 10.1. The number of carbonyl (C=O) groups excluding carboxylic acids is 2. The van der Waals surface area contributed by atoms with Crippen molar-refractivity contribution in [3.8, 4) is 0 Å². The molecule has 0 aliphatic carbocycles. The number of benzene rings is 1. The van der Waals surface area contributed by atoms with E-state index in [-0.39, 0.29) is 6.42 Å². The summed E-state index contributed by atoms with van der Waals surface area (Å²) in [6.45, 7) is 5.40. The normalized spacial score (nSPS) is 13.4. The molecule has 4 N–H and O–H groups in total. The van der Waals surface area contributed by atoms with Gasteiger partial charge in [0.1, 0.15) is 6.04 Å². The van der Waals surface area contributed by atoms with E-state index in [0.29, 0.717) is 5.56 Å². The molecule has 0 saturated carbocycles. The average molecular weight is 262 g/mol. The van der Waals surface area contributed by atoms with Gasteiger partial charge in [-0.25, -0.2) is 0 Å². The van der Waals surface area contributed by atoms with Gasteiger partial charge in [-0.1, -0.05) is 35.9 Å². The van der Waals surface area contributed by atoms with Crippen molar-refractivity contribution in [3.05, 3.63) is 48.0 Å². The summed E-state index contributed by atoms with van der Waals surface area (Å²) in [6.07, 6.45) is -1.07. The first-order valence-electron chi connectivity index (χ1n) is 5.89. The number of rotatable bonds is 6. The van der Waals surface area contributed by atoms with Crippen LogP contribution >= 0.6 is 0 Å². The maximum Gasteiger partial charge on any atom is 0.254 e. The minimum absolute atomic E-state index is 0.253. The monoisotopic (exact) mass is 262 g/mol. The van der Waals surface area contributed by atoms with Crippen LogP contribution in [0, 0.1) is 0 Å². The van der Waals surface area contributed by atoms with Gasteiger partial charge in [-0.3, -0.25) is 9.59 Å². The minimum Gasteiger partial charge on any atom is -0.378 e. The second kappa shape index (κ2) is 6.70. The lowest BCUT2D eigenvalue weighted by molar-refractivity contribution is -0.133. The first-order valence-corrected chi connectivity index (χ1v) is 5.89. The summed E-state index contributed by atoms with van der Waals surface area (Å²) < 4.78 is 0. The Balaban J connectivity index is 2.72. The summed E-state index contributed by atoms with van der Waals surface area (Å²) >= 11 is 0. The van der Waals surface area contributed by atoms with Crippen LogP contribution in [0.2, 0.25) is 0 Å². The van der Waals surface area contributed by atoms with Gasteiger partial charge in [-0.15, -0.1) is 6.58 Å². The molecule has 102 valence electrons. The predicted molar refractivity (Wildman–Crippen MR) is 72.0 cm³/mol. The van der Waals surface area contributed by atoms with Gasteiger partial charge in [0.15, 0.2) is 6.10 Å². The van der Waals surface area contributed by atoms with Crippen LogP contribution in [0.1, 0.15) is 25.0 Å². The van der Waals surface area contributed by atoms with Crippen LogP contribution in [-0.4, -0.2) is 23.0 Å². The van der Waals surface area contributed by atoms with Gasteiger partial charge in [0.2, 0.25) is 5.91 Å².